The molecule has 1 fully saturated rings. The quantitative estimate of drug-likeness (QED) is 0.635. The van der Waals surface area contributed by atoms with Gasteiger partial charge in [0.25, 0.3) is 0 Å². The molecule has 0 saturated carbocycles. The van der Waals surface area contributed by atoms with Crippen LogP contribution in [0.2, 0.25) is 0 Å². The molecule has 1 heterocycles. The van der Waals surface area contributed by atoms with E-state index in [1.165, 1.54) is 19.3 Å². The fourth-order valence-corrected chi connectivity index (χ4v) is 1.93. The maximum Gasteiger partial charge on any atom is 0.0904 e. The molecule has 0 aromatic heterocycles. The van der Waals surface area contributed by atoms with Gasteiger partial charge in [-0.15, -0.1) is 0 Å². The van der Waals surface area contributed by atoms with Crippen molar-refractivity contribution in [1.82, 2.24) is 5.32 Å². The SMILES string of the molecule is CCCCCCOCC1(O)CCNCC1. The smallest absolute Gasteiger partial charge is 0.0904 e. The Labute approximate surface area is 93.2 Å². The summed E-state index contributed by atoms with van der Waals surface area (Å²) in [6.07, 6.45) is 6.57. The second-order valence-electron chi connectivity index (χ2n) is 4.59. The molecule has 3 nitrogen and oxygen atoms in total. The van der Waals surface area contributed by atoms with Crippen molar-refractivity contribution in [2.75, 3.05) is 26.3 Å². The third-order valence-corrected chi connectivity index (χ3v) is 3.05. The highest BCUT2D eigenvalue weighted by Crippen LogP contribution is 2.18. The van der Waals surface area contributed by atoms with Gasteiger partial charge in [-0.2, -0.15) is 0 Å². The molecular weight excluding hydrogens is 190 g/mol. The summed E-state index contributed by atoms with van der Waals surface area (Å²) in [6, 6.07) is 0. The van der Waals surface area contributed by atoms with Crippen LogP contribution < -0.4 is 5.32 Å². The third-order valence-electron chi connectivity index (χ3n) is 3.05. The number of piperidine rings is 1. The van der Waals surface area contributed by atoms with Gasteiger partial charge in [0, 0.05) is 6.61 Å². The average Bonchev–Trinajstić information content (AvgIpc) is 2.24. The largest absolute Gasteiger partial charge is 0.387 e. The molecule has 0 atom stereocenters. The number of aliphatic hydroxyl groups is 1. The molecule has 0 aromatic rings. The van der Waals surface area contributed by atoms with E-state index in [4.69, 9.17) is 4.74 Å². The summed E-state index contributed by atoms with van der Waals surface area (Å²) in [4.78, 5) is 0. The maximum absolute atomic E-state index is 10.1. The van der Waals surface area contributed by atoms with Crippen LogP contribution in [0.15, 0.2) is 0 Å². The van der Waals surface area contributed by atoms with Gasteiger partial charge in [0.15, 0.2) is 0 Å². The van der Waals surface area contributed by atoms with E-state index >= 15 is 0 Å². The summed E-state index contributed by atoms with van der Waals surface area (Å²) >= 11 is 0. The minimum Gasteiger partial charge on any atom is -0.387 e. The molecule has 0 aliphatic carbocycles. The van der Waals surface area contributed by atoms with Gasteiger partial charge in [-0.05, 0) is 32.4 Å². The normalized spacial score (nSPS) is 20.4. The predicted molar refractivity (Wildman–Crippen MR) is 62.0 cm³/mol. The lowest BCUT2D eigenvalue weighted by Gasteiger charge is -2.32. The van der Waals surface area contributed by atoms with E-state index in [0.717, 1.165) is 39.0 Å². The van der Waals surface area contributed by atoms with Crippen LogP contribution in [0, 0.1) is 0 Å². The first-order valence-corrected chi connectivity index (χ1v) is 6.28. The Kier molecular flexibility index (Phi) is 6.22. The molecule has 0 radical (unpaired) electrons. The summed E-state index contributed by atoms with van der Waals surface area (Å²) < 4.78 is 5.54. The van der Waals surface area contributed by atoms with Crippen LogP contribution in [0.4, 0.5) is 0 Å². The lowest BCUT2D eigenvalue weighted by molar-refractivity contribution is -0.0646. The topological polar surface area (TPSA) is 41.5 Å². The van der Waals surface area contributed by atoms with Gasteiger partial charge >= 0.3 is 0 Å². The van der Waals surface area contributed by atoms with E-state index < -0.39 is 5.60 Å². The van der Waals surface area contributed by atoms with Gasteiger partial charge < -0.3 is 15.2 Å². The Balaban J connectivity index is 1.98. The highest BCUT2D eigenvalue weighted by atomic mass is 16.5. The number of hydrogen-bond donors (Lipinski definition) is 2. The zero-order chi connectivity index (χ0) is 11.0. The second-order valence-corrected chi connectivity index (χ2v) is 4.59. The molecule has 0 aromatic carbocycles. The van der Waals surface area contributed by atoms with Crippen LogP contribution in [0.1, 0.15) is 45.4 Å². The molecule has 1 saturated heterocycles. The summed E-state index contributed by atoms with van der Waals surface area (Å²) in [6.45, 7) is 5.35. The molecule has 0 spiro atoms. The van der Waals surface area contributed by atoms with Crippen molar-refractivity contribution < 1.29 is 9.84 Å². The van der Waals surface area contributed by atoms with Crippen molar-refractivity contribution in [2.45, 2.75) is 51.0 Å². The summed E-state index contributed by atoms with van der Waals surface area (Å²) in [7, 11) is 0. The highest BCUT2D eigenvalue weighted by Gasteiger charge is 2.28. The Morgan fingerprint density at radius 3 is 2.60 bits per heavy atom. The molecule has 1 aliphatic heterocycles. The molecule has 2 N–H and O–H groups in total. The fourth-order valence-electron chi connectivity index (χ4n) is 1.93. The van der Waals surface area contributed by atoms with Crippen molar-refractivity contribution in [2.24, 2.45) is 0 Å². The summed E-state index contributed by atoms with van der Waals surface area (Å²) in [5, 5.41) is 13.4. The van der Waals surface area contributed by atoms with Crippen LogP contribution in [-0.4, -0.2) is 37.0 Å². The zero-order valence-corrected chi connectivity index (χ0v) is 9.93. The Hall–Kier alpha value is -0.120. The second kappa shape index (κ2) is 7.20. The third kappa shape index (κ3) is 5.50. The minimum atomic E-state index is -0.560. The van der Waals surface area contributed by atoms with Gasteiger partial charge in [0.2, 0.25) is 0 Å². The fraction of sp³-hybridized carbons (Fsp3) is 1.00. The zero-order valence-electron chi connectivity index (χ0n) is 9.93. The molecular formula is C12H25NO2. The van der Waals surface area contributed by atoms with E-state index in [0.29, 0.717) is 6.61 Å². The molecule has 15 heavy (non-hydrogen) atoms. The number of hydrogen-bond acceptors (Lipinski definition) is 3. The van der Waals surface area contributed by atoms with Crippen molar-refractivity contribution in [1.29, 1.82) is 0 Å². The molecule has 1 aliphatic rings. The number of unbranched alkanes of at least 4 members (excludes halogenated alkanes) is 3. The molecule has 0 unspecified atom stereocenters. The van der Waals surface area contributed by atoms with Gasteiger partial charge in [-0.25, -0.2) is 0 Å². The lowest BCUT2D eigenvalue weighted by Crippen LogP contribution is -2.45. The van der Waals surface area contributed by atoms with Gasteiger partial charge in [-0.1, -0.05) is 26.2 Å². The van der Waals surface area contributed by atoms with E-state index in [2.05, 4.69) is 12.2 Å². The van der Waals surface area contributed by atoms with Crippen molar-refractivity contribution in [3.8, 4) is 0 Å². The van der Waals surface area contributed by atoms with E-state index in [1.54, 1.807) is 0 Å². The van der Waals surface area contributed by atoms with Crippen molar-refractivity contribution in [3.05, 3.63) is 0 Å². The Morgan fingerprint density at radius 1 is 1.20 bits per heavy atom. The van der Waals surface area contributed by atoms with Crippen LogP contribution >= 0.6 is 0 Å². The van der Waals surface area contributed by atoms with Crippen LogP contribution in [0.3, 0.4) is 0 Å². The van der Waals surface area contributed by atoms with E-state index in [-0.39, 0.29) is 0 Å². The summed E-state index contributed by atoms with van der Waals surface area (Å²) in [5.74, 6) is 0. The Morgan fingerprint density at radius 2 is 1.93 bits per heavy atom. The standard InChI is InChI=1S/C12H25NO2/c1-2-3-4-5-10-15-11-12(14)6-8-13-9-7-12/h13-14H,2-11H2,1H3. The number of rotatable bonds is 7. The van der Waals surface area contributed by atoms with Crippen LogP contribution in [0.5, 0.6) is 0 Å². The van der Waals surface area contributed by atoms with Gasteiger partial charge in [-0.3, -0.25) is 0 Å². The number of nitrogens with one attached hydrogen (secondary N) is 1. The first-order valence-electron chi connectivity index (χ1n) is 6.28. The van der Waals surface area contributed by atoms with Crippen molar-refractivity contribution in [3.63, 3.8) is 0 Å². The monoisotopic (exact) mass is 215 g/mol. The van der Waals surface area contributed by atoms with Crippen molar-refractivity contribution >= 4 is 0 Å². The molecule has 1 rings (SSSR count). The maximum atomic E-state index is 10.1. The number of ether oxygens (including phenoxy) is 1. The minimum absolute atomic E-state index is 0.515. The Bertz CT molecular complexity index is 156. The summed E-state index contributed by atoms with van der Waals surface area (Å²) in [5.41, 5.74) is -0.560. The highest BCUT2D eigenvalue weighted by molar-refractivity contribution is 4.83. The van der Waals surface area contributed by atoms with E-state index in [1.807, 2.05) is 0 Å². The molecule has 3 heteroatoms. The first-order chi connectivity index (χ1) is 7.27. The predicted octanol–water partition coefficient (Wildman–Crippen LogP) is 1.70. The van der Waals surface area contributed by atoms with Crippen LogP contribution in [-0.2, 0) is 4.74 Å². The van der Waals surface area contributed by atoms with Crippen LogP contribution in [0.25, 0.3) is 0 Å². The average molecular weight is 215 g/mol. The van der Waals surface area contributed by atoms with E-state index in [9.17, 15) is 5.11 Å². The molecule has 90 valence electrons. The first kappa shape index (κ1) is 12.9. The van der Waals surface area contributed by atoms with Gasteiger partial charge in [0.1, 0.15) is 0 Å². The molecule has 0 bridgehead atoms. The lowest BCUT2D eigenvalue weighted by atomic mass is 9.94. The van der Waals surface area contributed by atoms with Gasteiger partial charge in [0.05, 0.1) is 12.2 Å². The molecule has 0 amide bonds.